The van der Waals surface area contributed by atoms with Crippen LogP contribution >= 0.6 is 0 Å². The van der Waals surface area contributed by atoms with Crippen LogP contribution in [-0.2, 0) is 4.79 Å². The minimum atomic E-state index is -0.874. The van der Waals surface area contributed by atoms with Crippen LogP contribution in [-0.4, -0.2) is 34.9 Å². The standard InChI is InChI=1S/C53H89NO3/c1-3-5-7-9-11-13-15-17-18-19-20-21-22-23-24-25-26-27-28-29-30-31-32-33-34-35-36-37-39-41-43-45-47-49-53(57)54-51(50-55)52(56)48-46-44-42-40-38-16-14-12-10-8-6-4-2/h5,7,10-13,17-18,20-21,23-24,26-27,38,40,46,48,51-52,55-56H,3-4,6,8-9,14-16,19,22,25,28-37,39,41-45,47,49-50H2,1-2H3,(H,54,57)/b7-5-,12-10+,13-11-,18-17-,21-20-,24-23-,27-26-,40-38+,48-46+. The van der Waals surface area contributed by atoms with Crippen molar-refractivity contribution in [2.75, 3.05) is 6.61 Å². The molecule has 0 aliphatic rings. The zero-order valence-electron chi connectivity index (χ0n) is 37.1. The van der Waals surface area contributed by atoms with Gasteiger partial charge in [0.1, 0.15) is 0 Å². The number of carbonyl (C=O) groups excluding carboxylic acids is 1. The van der Waals surface area contributed by atoms with Crippen LogP contribution in [0.25, 0.3) is 0 Å². The van der Waals surface area contributed by atoms with Gasteiger partial charge in [-0.05, 0) is 89.9 Å². The molecule has 0 aromatic rings. The van der Waals surface area contributed by atoms with Crippen LogP contribution in [0.5, 0.6) is 0 Å². The first kappa shape index (κ1) is 54.1. The molecule has 4 heteroatoms. The van der Waals surface area contributed by atoms with E-state index < -0.39 is 12.1 Å². The SMILES string of the molecule is CC/C=C\C/C=C\C/C=C\C/C=C\C/C=C\C/C=C\CCCCCCCCCCCCCCCCC(=O)NC(CO)C(O)/C=C/CC/C=C/CC/C=C/CCCC. The van der Waals surface area contributed by atoms with Crippen LogP contribution in [0.2, 0.25) is 0 Å². The molecule has 0 rings (SSSR count). The molecule has 324 valence electrons. The van der Waals surface area contributed by atoms with Crippen molar-refractivity contribution in [2.45, 2.75) is 212 Å². The van der Waals surface area contributed by atoms with Crippen molar-refractivity contribution in [3.63, 3.8) is 0 Å². The number of aliphatic hydroxyl groups excluding tert-OH is 2. The Balaban J connectivity index is 3.57. The molecule has 0 fully saturated rings. The first-order valence-electron chi connectivity index (χ1n) is 23.6. The molecule has 4 nitrogen and oxygen atoms in total. The first-order valence-corrected chi connectivity index (χ1v) is 23.6. The van der Waals surface area contributed by atoms with Crippen LogP contribution in [0, 0.1) is 0 Å². The minimum Gasteiger partial charge on any atom is -0.394 e. The van der Waals surface area contributed by atoms with Gasteiger partial charge in [0, 0.05) is 6.42 Å². The zero-order chi connectivity index (χ0) is 41.4. The number of amides is 1. The van der Waals surface area contributed by atoms with E-state index in [2.05, 4.69) is 116 Å². The average Bonchev–Trinajstić information content (AvgIpc) is 3.22. The molecule has 0 spiro atoms. The summed E-state index contributed by atoms with van der Waals surface area (Å²) in [5, 5.41) is 22.9. The second-order valence-electron chi connectivity index (χ2n) is 15.4. The lowest BCUT2D eigenvalue weighted by molar-refractivity contribution is -0.123. The van der Waals surface area contributed by atoms with Crippen molar-refractivity contribution in [3.8, 4) is 0 Å². The van der Waals surface area contributed by atoms with Gasteiger partial charge in [-0.15, -0.1) is 0 Å². The average molecular weight is 788 g/mol. The Morgan fingerprint density at radius 3 is 1.23 bits per heavy atom. The van der Waals surface area contributed by atoms with E-state index in [1.807, 2.05) is 6.08 Å². The fourth-order valence-electron chi connectivity index (χ4n) is 6.37. The van der Waals surface area contributed by atoms with Gasteiger partial charge in [-0.25, -0.2) is 0 Å². The van der Waals surface area contributed by atoms with Crippen LogP contribution < -0.4 is 5.32 Å². The molecule has 2 atom stereocenters. The molecule has 0 saturated carbocycles. The number of rotatable bonds is 41. The molecule has 0 aliphatic heterocycles. The molecule has 2 unspecified atom stereocenters. The highest BCUT2D eigenvalue weighted by atomic mass is 16.3. The van der Waals surface area contributed by atoms with E-state index in [1.165, 1.54) is 103 Å². The summed E-state index contributed by atoms with van der Waals surface area (Å²) in [5.41, 5.74) is 0. The van der Waals surface area contributed by atoms with Crippen molar-refractivity contribution in [1.29, 1.82) is 0 Å². The zero-order valence-corrected chi connectivity index (χ0v) is 37.1. The van der Waals surface area contributed by atoms with E-state index in [-0.39, 0.29) is 12.5 Å². The van der Waals surface area contributed by atoms with E-state index in [1.54, 1.807) is 6.08 Å². The number of aliphatic hydroxyl groups is 2. The first-order chi connectivity index (χ1) is 28.2. The van der Waals surface area contributed by atoms with Crippen molar-refractivity contribution >= 4 is 5.91 Å². The molecule has 0 radical (unpaired) electrons. The highest BCUT2D eigenvalue weighted by molar-refractivity contribution is 5.76. The predicted molar refractivity (Wildman–Crippen MR) is 253 cm³/mol. The van der Waals surface area contributed by atoms with E-state index in [0.29, 0.717) is 6.42 Å². The Hall–Kier alpha value is -2.95. The van der Waals surface area contributed by atoms with Gasteiger partial charge in [0.05, 0.1) is 18.8 Å². The number of unbranched alkanes of at least 4 members (excludes halogenated alkanes) is 18. The summed E-state index contributed by atoms with van der Waals surface area (Å²) < 4.78 is 0. The molecule has 3 N–H and O–H groups in total. The monoisotopic (exact) mass is 788 g/mol. The van der Waals surface area contributed by atoms with E-state index in [9.17, 15) is 15.0 Å². The van der Waals surface area contributed by atoms with E-state index in [4.69, 9.17) is 0 Å². The Morgan fingerprint density at radius 1 is 0.439 bits per heavy atom. The number of hydrogen-bond acceptors (Lipinski definition) is 3. The van der Waals surface area contributed by atoms with Crippen LogP contribution in [0.1, 0.15) is 200 Å². The summed E-state index contributed by atoms with van der Waals surface area (Å²) in [6.45, 7) is 4.11. The molecular formula is C53H89NO3. The van der Waals surface area contributed by atoms with Gasteiger partial charge < -0.3 is 15.5 Å². The molecule has 0 aromatic carbocycles. The summed E-state index contributed by atoms with van der Waals surface area (Å²) in [6, 6.07) is -0.650. The maximum atomic E-state index is 12.4. The Morgan fingerprint density at radius 2 is 0.789 bits per heavy atom. The highest BCUT2D eigenvalue weighted by Crippen LogP contribution is 2.14. The molecule has 57 heavy (non-hydrogen) atoms. The molecule has 0 heterocycles. The molecule has 1 amide bonds. The predicted octanol–water partition coefficient (Wildman–Crippen LogP) is 15.2. The summed E-state index contributed by atoms with van der Waals surface area (Å²) in [6.07, 6.45) is 72.1. The van der Waals surface area contributed by atoms with Crippen molar-refractivity contribution in [2.24, 2.45) is 0 Å². The summed E-state index contributed by atoms with van der Waals surface area (Å²) >= 11 is 0. The van der Waals surface area contributed by atoms with Gasteiger partial charge in [-0.2, -0.15) is 0 Å². The quantitative estimate of drug-likeness (QED) is 0.0427. The van der Waals surface area contributed by atoms with Gasteiger partial charge in [0.15, 0.2) is 0 Å². The molecule has 0 saturated heterocycles. The minimum absolute atomic E-state index is 0.0851. The fourth-order valence-corrected chi connectivity index (χ4v) is 6.37. The third kappa shape index (κ3) is 44.0. The lowest BCUT2D eigenvalue weighted by Gasteiger charge is -2.19. The lowest BCUT2D eigenvalue weighted by Crippen LogP contribution is -2.45. The van der Waals surface area contributed by atoms with Gasteiger partial charge in [-0.3, -0.25) is 4.79 Å². The van der Waals surface area contributed by atoms with Crippen LogP contribution in [0.15, 0.2) is 109 Å². The van der Waals surface area contributed by atoms with Gasteiger partial charge >= 0.3 is 0 Å². The van der Waals surface area contributed by atoms with E-state index in [0.717, 1.165) is 77.0 Å². The molecular weight excluding hydrogens is 699 g/mol. The molecule has 0 aromatic heterocycles. The maximum absolute atomic E-state index is 12.4. The normalized spacial score (nSPS) is 14.0. The summed E-state index contributed by atoms with van der Waals surface area (Å²) in [4.78, 5) is 12.4. The van der Waals surface area contributed by atoms with Crippen molar-refractivity contribution in [1.82, 2.24) is 5.32 Å². The topological polar surface area (TPSA) is 69.6 Å². The van der Waals surface area contributed by atoms with Gasteiger partial charge in [0.25, 0.3) is 0 Å². The highest BCUT2D eigenvalue weighted by Gasteiger charge is 2.17. The summed E-state index contributed by atoms with van der Waals surface area (Å²) in [7, 11) is 0. The maximum Gasteiger partial charge on any atom is 0.220 e. The molecule has 0 bridgehead atoms. The number of carbonyl (C=O) groups is 1. The largest absolute Gasteiger partial charge is 0.394 e. The smallest absolute Gasteiger partial charge is 0.220 e. The Bertz CT molecular complexity index is 1120. The fraction of sp³-hybridized carbons (Fsp3) is 0.642. The van der Waals surface area contributed by atoms with Gasteiger partial charge in [0.2, 0.25) is 5.91 Å². The third-order valence-corrected chi connectivity index (χ3v) is 9.97. The van der Waals surface area contributed by atoms with Crippen LogP contribution in [0.3, 0.4) is 0 Å². The Labute approximate surface area is 353 Å². The Kier molecular flexibility index (Phi) is 45.0. The van der Waals surface area contributed by atoms with E-state index >= 15 is 0 Å². The third-order valence-electron chi connectivity index (χ3n) is 9.97. The number of nitrogens with one attached hydrogen (secondary N) is 1. The van der Waals surface area contributed by atoms with Gasteiger partial charge in [-0.1, -0.05) is 213 Å². The summed E-state index contributed by atoms with van der Waals surface area (Å²) in [5.74, 6) is -0.0851. The number of hydrogen-bond donors (Lipinski definition) is 3. The van der Waals surface area contributed by atoms with Crippen molar-refractivity contribution < 1.29 is 15.0 Å². The molecule has 0 aliphatic carbocycles. The second-order valence-corrected chi connectivity index (χ2v) is 15.4. The van der Waals surface area contributed by atoms with Crippen LogP contribution in [0.4, 0.5) is 0 Å². The lowest BCUT2D eigenvalue weighted by atomic mass is 10.0. The van der Waals surface area contributed by atoms with Crippen molar-refractivity contribution in [3.05, 3.63) is 109 Å². The number of allylic oxidation sites excluding steroid dienone is 17. The second kappa shape index (κ2) is 47.4.